The van der Waals surface area contributed by atoms with Crippen molar-refractivity contribution >= 4 is 40.0 Å². The zero-order valence-corrected chi connectivity index (χ0v) is 12.1. The average molecular weight is 361 g/mol. The van der Waals surface area contributed by atoms with Crippen LogP contribution >= 0.6 is 34.2 Å². The van der Waals surface area contributed by atoms with Crippen molar-refractivity contribution in [2.75, 3.05) is 0 Å². The van der Waals surface area contributed by atoms with Gasteiger partial charge in [0.2, 0.25) is 0 Å². The molecule has 0 saturated carbocycles. The second-order valence-corrected chi connectivity index (χ2v) is 5.14. The van der Waals surface area contributed by atoms with Crippen molar-refractivity contribution in [2.24, 2.45) is 0 Å². The largest absolute Gasteiger partial charge is 0.288 e. The number of rotatable bonds is 3. The molecule has 17 heavy (non-hydrogen) atoms. The van der Waals surface area contributed by atoms with Gasteiger partial charge in [0.15, 0.2) is 5.78 Å². The number of carbonyl (C=O) groups is 1. The van der Waals surface area contributed by atoms with E-state index in [0.29, 0.717) is 16.1 Å². The highest BCUT2D eigenvalue weighted by Crippen LogP contribution is 2.20. The van der Waals surface area contributed by atoms with E-state index in [1.807, 2.05) is 13.0 Å². The van der Waals surface area contributed by atoms with Gasteiger partial charge in [-0.25, -0.2) is 0 Å². The summed E-state index contributed by atoms with van der Waals surface area (Å²) >= 11 is 8.03. The first kappa shape index (κ1) is 12.6. The van der Waals surface area contributed by atoms with E-state index in [0.717, 1.165) is 10.1 Å². The molecule has 1 aromatic carbocycles. The number of halogens is 2. The number of benzene rings is 1. The Morgan fingerprint density at radius 2 is 2.29 bits per heavy atom. The number of aryl methyl sites for hydroxylation is 1. The molecule has 1 aromatic heterocycles. The van der Waals surface area contributed by atoms with E-state index in [-0.39, 0.29) is 5.78 Å². The van der Waals surface area contributed by atoms with Crippen LogP contribution in [-0.2, 0) is 6.54 Å². The second-order valence-electron chi connectivity index (χ2n) is 3.54. The van der Waals surface area contributed by atoms with E-state index < -0.39 is 0 Å². The van der Waals surface area contributed by atoms with Gasteiger partial charge in [-0.2, -0.15) is 5.10 Å². The topological polar surface area (TPSA) is 34.9 Å². The summed E-state index contributed by atoms with van der Waals surface area (Å²) in [5.41, 5.74) is 1.21. The van der Waals surface area contributed by atoms with Crippen LogP contribution in [0.1, 0.15) is 22.8 Å². The van der Waals surface area contributed by atoms with Crippen LogP contribution < -0.4 is 0 Å². The minimum atomic E-state index is -0.0448. The van der Waals surface area contributed by atoms with Crippen molar-refractivity contribution in [1.82, 2.24) is 9.78 Å². The first-order valence-electron chi connectivity index (χ1n) is 5.14. The molecule has 0 N–H and O–H groups in total. The lowest BCUT2D eigenvalue weighted by Crippen LogP contribution is -2.02. The van der Waals surface area contributed by atoms with Gasteiger partial charge in [0.1, 0.15) is 0 Å². The molecule has 2 rings (SSSR count). The summed E-state index contributed by atoms with van der Waals surface area (Å²) < 4.78 is 2.62. The third-order valence-electron chi connectivity index (χ3n) is 2.39. The van der Waals surface area contributed by atoms with Gasteiger partial charge in [0.25, 0.3) is 0 Å². The Balaban J connectivity index is 2.39. The SMILES string of the molecule is CCn1cc(C(=O)c2cc(Cl)ccc2I)cn1. The summed E-state index contributed by atoms with van der Waals surface area (Å²) in [6.07, 6.45) is 3.34. The fourth-order valence-corrected chi connectivity index (χ4v) is 2.23. The van der Waals surface area contributed by atoms with Crippen molar-refractivity contribution in [3.63, 3.8) is 0 Å². The maximum Gasteiger partial charge on any atom is 0.197 e. The number of ketones is 1. The van der Waals surface area contributed by atoms with Crippen LogP contribution in [0.2, 0.25) is 5.02 Å². The predicted octanol–water partition coefficient (Wildman–Crippen LogP) is 3.39. The number of aromatic nitrogens is 2. The number of hydrogen-bond donors (Lipinski definition) is 0. The van der Waals surface area contributed by atoms with Crippen molar-refractivity contribution < 1.29 is 4.79 Å². The molecule has 3 nitrogen and oxygen atoms in total. The van der Waals surface area contributed by atoms with Gasteiger partial charge in [-0.3, -0.25) is 9.48 Å². The number of carbonyl (C=O) groups excluding carboxylic acids is 1. The number of nitrogens with zero attached hydrogens (tertiary/aromatic N) is 2. The normalized spacial score (nSPS) is 10.5. The molecule has 0 aliphatic heterocycles. The fraction of sp³-hybridized carbons (Fsp3) is 0.167. The first-order chi connectivity index (χ1) is 8.11. The summed E-state index contributed by atoms with van der Waals surface area (Å²) in [5.74, 6) is -0.0448. The van der Waals surface area contributed by atoms with Crippen LogP contribution in [0.4, 0.5) is 0 Å². The van der Waals surface area contributed by atoms with E-state index >= 15 is 0 Å². The highest BCUT2D eigenvalue weighted by Gasteiger charge is 2.14. The third kappa shape index (κ3) is 2.69. The van der Waals surface area contributed by atoms with Gasteiger partial charge in [-0.1, -0.05) is 11.6 Å². The lowest BCUT2D eigenvalue weighted by Gasteiger charge is -2.02. The Morgan fingerprint density at radius 3 is 2.94 bits per heavy atom. The standard InChI is InChI=1S/C12H10ClIN2O/c1-2-16-7-8(6-15-16)12(17)10-5-9(13)3-4-11(10)14/h3-7H,2H2,1H3. The molecule has 0 spiro atoms. The van der Waals surface area contributed by atoms with E-state index in [1.54, 1.807) is 29.2 Å². The van der Waals surface area contributed by atoms with Gasteiger partial charge in [-0.15, -0.1) is 0 Å². The summed E-state index contributed by atoms with van der Waals surface area (Å²) in [6, 6.07) is 5.30. The minimum absolute atomic E-state index is 0.0448. The molecule has 2 aromatic rings. The molecular weight excluding hydrogens is 351 g/mol. The molecule has 0 bridgehead atoms. The van der Waals surface area contributed by atoms with Gasteiger partial charge in [0, 0.05) is 26.9 Å². The van der Waals surface area contributed by atoms with Crippen LogP contribution in [0.15, 0.2) is 30.6 Å². The highest BCUT2D eigenvalue weighted by molar-refractivity contribution is 14.1. The van der Waals surface area contributed by atoms with Gasteiger partial charge in [0.05, 0.1) is 11.8 Å². The Morgan fingerprint density at radius 1 is 1.53 bits per heavy atom. The molecular formula is C12H10ClIN2O. The Bertz CT molecular complexity index is 565. The Labute approximate surface area is 118 Å². The van der Waals surface area contributed by atoms with E-state index in [4.69, 9.17) is 11.6 Å². The minimum Gasteiger partial charge on any atom is -0.288 e. The molecule has 1 heterocycles. The quantitative estimate of drug-likeness (QED) is 0.621. The van der Waals surface area contributed by atoms with Crippen LogP contribution in [0.25, 0.3) is 0 Å². The Kier molecular flexibility index (Phi) is 3.83. The van der Waals surface area contributed by atoms with E-state index in [2.05, 4.69) is 27.7 Å². The Hall–Kier alpha value is -0.880. The summed E-state index contributed by atoms with van der Waals surface area (Å²) in [6.45, 7) is 2.73. The van der Waals surface area contributed by atoms with Gasteiger partial charge in [-0.05, 0) is 47.7 Å². The average Bonchev–Trinajstić information content (AvgIpc) is 2.80. The molecule has 88 valence electrons. The molecule has 0 amide bonds. The molecule has 0 aliphatic carbocycles. The first-order valence-corrected chi connectivity index (χ1v) is 6.59. The monoisotopic (exact) mass is 360 g/mol. The molecule has 5 heteroatoms. The molecule has 0 atom stereocenters. The lowest BCUT2D eigenvalue weighted by molar-refractivity contribution is 0.103. The molecule has 0 saturated heterocycles. The zero-order chi connectivity index (χ0) is 12.4. The van der Waals surface area contributed by atoms with Crippen LogP contribution in [0.5, 0.6) is 0 Å². The highest BCUT2D eigenvalue weighted by atomic mass is 127. The molecule has 0 aliphatic rings. The summed E-state index contributed by atoms with van der Waals surface area (Å²) in [4.78, 5) is 12.2. The molecule has 0 radical (unpaired) electrons. The second kappa shape index (κ2) is 5.18. The van der Waals surface area contributed by atoms with Crippen molar-refractivity contribution in [3.05, 3.63) is 50.3 Å². The van der Waals surface area contributed by atoms with Crippen molar-refractivity contribution in [1.29, 1.82) is 0 Å². The summed E-state index contributed by atoms with van der Waals surface area (Å²) in [5, 5.41) is 4.66. The fourth-order valence-electron chi connectivity index (χ4n) is 1.48. The maximum atomic E-state index is 12.2. The van der Waals surface area contributed by atoms with Crippen LogP contribution in [-0.4, -0.2) is 15.6 Å². The molecule has 0 unspecified atom stereocenters. The maximum absolute atomic E-state index is 12.2. The summed E-state index contributed by atoms with van der Waals surface area (Å²) in [7, 11) is 0. The van der Waals surface area contributed by atoms with Crippen LogP contribution in [0, 0.1) is 3.57 Å². The number of hydrogen-bond acceptors (Lipinski definition) is 2. The lowest BCUT2D eigenvalue weighted by atomic mass is 10.1. The van der Waals surface area contributed by atoms with E-state index in [9.17, 15) is 4.79 Å². The van der Waals surface area contributed by atoms with Gasteiger partial charge < -0.3 is 0 Å². The molecule has 0 fully saturated rings. The smallest absolute Gasteiger partial charge is 0.197 e. The van der Waals surface area contributed by atoms with Crippen molar-refractivity contribution in [2.45, 2.75) is 13.5 Å². The van der Waals surface area contributed by atoms with Gasteiger partial charge >= 0.3 is 0 Å². The zero-order valence-electron chi connectivity index (χ0n) is 9.15. The van der Waals surface area contributed by atoms with E-state index in [1.165, 1.54) is 0 Å². The third-order valence-corrected chi connectivity index (χ3v) is 3.57. The predicted molar refractivity (Wildman–Crippen MR) is 75.5 cm³/mol. The van der Waals surface area contributed by atoms with Crippen LogP contribution in [0.3, 0.4) is 0 Å². The van der Waals surface area contributed by atoms with Crippen molar-refractivity contribution in [3.8, 4) is 0 Å².